The highest BCUT2D eigenvalue weighted by molar-refractivity contribution is 5.92. The van der Waals surface area contributed by atoms with Gasteiger partial charge in [0.05, 0.1) is 14.2 Å². The van der Waals surface area contributed by atoms with Gasteiger partial charge in [0, 0.05) is 30.6 Å². The topological polar surface area (TPSA) is 77.7 Å². The summed E-state index contributed by atoms with van der Waals surface area (Å²) in [5.41, 5.74) is 1.55. The average molecular weight is 437 g/mol. The Morgan fingerprint density at radius 2 is 1.81 bits per heavy atom. The van der Waals surface area contributed by atoms with Gasteiger partial charge in [-0.3, -0.25) is 4.79 Å². The maximum Gasteiger partial charge on any atom is 0.246 e. The second-order valence-electron chi connectivity index (χ2n) is 7.51. The smallest absolute Gasteiger partial charge is 0.246 e. The molecule has 1 aliphatic heterocycles. The van der Waals surface area contributed by atoms with Crippen molar-refractivity contribution in [3.63, 3.8) is 0 Å². The number of amides is 1. The van der Waals surface area contributed by atoms with Gasteiger partial charge in [0.2, 0.25) is 17.6 Å². The maximum atomic E-state index is 13.1. The number of nitrogens with zero attached hydrogens (tertiary/aromatic N) is 3. The van der Waals surface area contributed by atoms with Crippen LogP contribution in [0.3, 0.4) is 0 Å². The van der Waals surface area contributed by atoms with Crippen LogP contribution >= 0.6 is 0 Å². The van der Waals surface area contributed by atoms with Crippen LogP contribution in [0.2, 0.25) is 0 Å². The number of carbonyl (C=O) groups excluding carboxylic acids is 1. The Balaban J connectivity index is 1.34. The molecule has 0 atom stereocenters. The SMILES string of the molecule is COc1ccc(/C=C/C(=O)N2CCC(c3nc(-c4ccc(F)cc4)no3)CC2)cc1OC. The molecule has 0 aliphatic carbocycles. The van der Waals surface area contributed by atoms with Crippen LogP contribution in [0.5, 0.6) is 11.5 Å². The Kier molecular flexibility index (Phi) is 6.49. The predicted octanol–water partition coefficient (Wildman–Crippen LogP) is 4.31. The minimum atomic E-state index is -0.310. The normalized spacial score (nSPS) is 14.7. The molecule has 1 aromatic heterocycles. The Morgan fingerprint density at radius 1 is 1.09 bits per heavy atom. The number of halogens is 1. The summed E-state index contributed by atoms with van der Waals surface area (Å²) in [7, 11) is 3.16. The third-order valence-corrected chi connectivity index (χ3v) is 5.53. The van der Waals surface area contributed by atoms with Crippen LogP contribution < -0.4 is 9.47 Å². The van der Waals surface area contributed by atoms with E-state index in [-0.39, 0.29) is 17.6 Å². The monoisotopic (exact) mass is 437 g/mol. The molecule has 32 heavy (non-hydrogen) atoms. The second kappa shape index (κ2) is 9.64. The minimum Gasteiger partial charge on any atom is -0.493 e. The molecule has 4 rings (SSSR count). The summed E-state index contributed by atoms with van der Waals surface area (Å²) in [5.74, 6) is 1.99. The van der Waals surface area contributed by atoms with E-state index >= 15 is 0 Å². The average Bonchev–Trinajstić information content (AvgIpc) is 3.33. The molecular weight excluding hydrogens is 413 g/mol. The van der Waals surface area contributed by atoms with Gasteiger partial charge >= 0.3 is 0 Å². The van der Waals surface area contributed by atoms with Crippen molar-refractivity contribution in [3.05, 3.63) is 65.8 Å². The Labute approximate surface area is 185 Å². The van der Waals surface area contributed by atoms with Crippen LogP contribution in [0.15, 0.2) is 53.1 Å². The summed E-state index contributed by atoms with van der Waals surface area (Å²) >= 11 is 0. The number of rotatable bonds is 6. The number of likely N-dealkylation sites (tertiary alicyclic amines) is 1. The van der Waals surface area contributed by atoms with Crippen molar-refractivity contribution in [2.24, 2.45) is 0 Å². The number of benzene rings is 2. The lowest BCUT2D eigenvalue weighted by molar-refractivity contribution is -0.127. The van der Waals surface area contributed by atoms with Gasteiger partial charge in [-0.25, -0.2) is 4.39 Å². The molecule has 0 saturated carbocycles. The molecule has 1 fully saturated rings. The van der Waals surface area contributed by atoms with Crippen LogP contribution in [-0.2, 0) is 4.79 Å². The number of hydrogen-bond donors (Lipinski definition) is 0. The standard InChI is InChI=1S/C24H24FN3O4/c1-30-20-9-3-16(15-21(20)31-2)4-10-22(29)28-13-11-18(12-14-28)24-26-23(27-32-24)17-5-7-19(25)8-6-17/h3-10,15,18H,11-14H2,1-2H3/b10-4+. The molecule has 0 bridgehead atoms. The molecule has 3 aromatic rings. The second-order valence-corrected chi connectivity index (χ2v) is 7.51. The molecule has 1 saturated heterocycles. The first-order valence-corrected chi connectivity index (χ1v) is 10.4. The van der Waals surface area contributed by atoms with Crippen molar-refractivity contribution < 1.29 is 23.2 Å². The van der Waals surface area contributed by atoms with Gasteiger partial charge in [-0.2, -0.15) is 4.98 Å². The summed E-state index contributed by atoms with van der Waals surface area (Å²) in [6.45, 7) is 1.21. The minimum absolute atomic E-state index is 0.0456. The van der Waals surface area contributed by atoms with Crippen molar-refractivity contribution in [3.8, 4) is 22.9 Å². The Bertz CT molecular complexity index is 1100. The van der Waals surface area contributed by atoms with Crippen LogP contribution in [0.25, 0.3) is 17.5 Å². The third kappa shape index (κ3) is 4.80. The van der Waals surface area contributed by atoms with Crippen molar-refractivity contribution >= 4 is 12.0 Å². The molecule has 0 unspecified atom stereocenters. The lowest BCUT2D eigenvalue weighted by Crippen LogP contribution is -2.36. The van der Waals surface area contributed by atoms with E-state index in [1.54, 1.807) is 44.6 Å². The summed E-state index contributed by atoms with van der Waals surface area (Å²) in [6.07, 6.45) is 4.81. The lowest BCUT2D eigenvalue weighted by Gasteiger charge is -2.29. The van der Waals surface area contributed by atoms with Gasteiger partial charge in [-0.15, -0.1) is 0 Å². The zero-order valence-electron chi connectivity index (χ0n) is 18.0. The number of methoxy groups -OCH3 is 2. The number of hydrogen-bond acceptors (Lipinski definition) is 6. The molecular formula is C24H24FN3O4. The van der Waals surface area contributed by atoms with E-state index in [4.69, 9.17) is 14.0 Å². The van der Waals surface area contributed by atoms with E-state index in [2.05, 4.69) is 10.1 Å². The molecule has 1 aliphatic rings. The first kappa shape index (κ1) is 21.5. The van der Waals surface area contributed by atoms with Gasteiger partial charge in [-0.1, -0.05) is 11.2 Å². The molecule has 2 heterocycles. The van der Waals surface area contributed by atoms with Gasteiger partial charge < -0.3 is 18.9 Å². The first-order valence-electron chi connectivity index (χ1n) is 10.4. The van der Waals surface area contributed by atoms with Crippen LogP contribution in [0, 0.1) is 5.82 Å². The lowest BCUT2D eigenvalue weighted by atomic mass is 9.96. The summed E-state index contributed by atoms with van der Waals surface area (Å²) in [4.78, 5) is 18.9. The van der Waals surface area contributed by atoms with Gasteiger partial charge in [0.15, 0.2) is 11.5 Å². The van der Waals surface area contributed by atoms with E-state index in [1.165, 1.54) is 12.1 Å². The number of piperidine rings is 1. The zero-order chi connectivity index (χ0) is 22.5. The largest absolute Gasteiger partial charge is 0.493 e. The van der Waals surface area contributed by atoms with Crippen molar-refractivity contribution in [1.29, 1.82) is 0 Å². The molecule has 0 radical (unpaired) electrons. The van der Waals surface area contributed by atoms with Crippen LogP contribution in [0.1, 0.15) is 30.2 Å². The molecule has 2 aromatic carbocycles. The summed E-state index contributed by atoms with van der Waals surface area (Å²) in [5, 5.41) is 4.02. The van der Waals surface area contributed by atoms with Crippen molar-refractivity contribution in [1.82, 2.24) is 15.0 Å². The van der Waals surface area contributed by atoms with Crippen LogP contribution in [-0.4, -0.2) is 48.3 Å². The molecule has 166 valence electrons. The number of ether oxygens (including phenoxy) is 2. The number of aromatic nitrogens is 2. The van der Waals surface area contributed by atoms with Gasteiger partial charge in [0.1, 0.15) is 5.82 Å². The first-order chi connectivity index (χ1) is 15.6. The highest BCUT2D eigenvalue weighted by Crippen LogP contribution is 2.30. The van der Waals surface area contributed by atoms with E-state index < -0.39 is 0 Å². The molecule has 7 nitrogen and oxygen atoms in total. The quantitative estimate of drug-likeness (QED) is 0.535. The highest BCUT2D eigenvalue weighted by atomic mass is 19.1. The summed E-state index contributed by atoms with van der Waals surface area (Å²) in [6, 6.07) is 11.5. The Hall–Kier alpha value is -3.68. The zero-order valence-corrected chi connectivity index (χ0v) is 18.0. The molecule has 1 amide bonds. The van der Waals surface area contributed by atoms with E-state index in [0.717, 1.165) is 18.4 Å². The van der Waals surface area contributed by atoms with Crippen molar-refractivity contribution in [2.75, 3.05) is 27.3 Å². The van der Waals surface area contributed by atoms with E-state index in [9.17, 15) is 9.18 Å². The van der Waals surface area contributed by atoms with Gasteiger partial charge in [-0.05, 0) is 60.9 Å². The fourth-order valence-corrected chi connectivity index (χ4v) is 3.69. The van der Waals surface area contributed by atoms with Crippen LogP contribution in [0.4, 0.5) is 4.39 Å². The van der Waals surface area contributed by atoms with Gasteiger partial charge in [0.25, 0.3) is 0 Å². The maximum absolute atomic E-state index is 13.1. The highest BCUT2D eigenvalue weighted by Gasteiger charge is 2.27. The molecule has 0 spiro atoms. The summed E-state index contributed by atoms with van der Waals surface area (Å²) < 4.78 is 29.1. The molecule has 8 heteroatoms. The molecule has 0 N–H and O–H groups in total. The van der Waals surface area contributed by atoms with E-state index in [1.807, 2.05) is 17.0 Å². The van der Waals surface area contributed by atoms with Crippen molar-refractivity contribution in [2.45, 2.75) is 18.8 Å². The fraction of sp³-hybridized carbons (Fsp3) is 0.292. The number of carbonyl (C=O) groups is 1. The Morgan fingerprint density at radius 3 is 2.50 bits per heavy atom. The third-order valence-electron chi connectivity index (χ3n) is 5.53. The predicted molar refractivity (Wildman–Crippen MR) is 117 cm³/mol. The fourth-order valence-electron chi connectivity index (χ4n) is 3.69. The van der Waals surface area contributed by atoms with E-state index in [0.29, 0.717) is 41.9 Å².